The number of hydrogen-bond acceptors (Lipinski definition) is 2. The van der Waals surface area contributed by atoms with E-state index in [1.165, 1.54) is 0 Å². The van der Waals surface area contributed by atoms with Crippen molar-refractivity contribution in [2.45, 2.75) is 6.42 Å². The highest BCUT2D eigenvalue weighted by molar-refractivity contribution is 8.28. The van der Waals surface area contributed by atoms with E-state index in [9.17, 15) is 4.39 Å². The van der Waals surface area contributed by atoms with Crippen LogP contribution in [0.25, 0.3) is 0 Å². The Kier molecular flexibility index (Phi) is 2.86. The van der Waals surface area contributed by atoms with Gasteiger partial charge in [-0.15, -0.1) is 10.5 Å². The molecule has 2 nitrogen and oxygen atoms in total. The molecule has 0 saturated carbocycles. The number of amidine groups is 1. The van der Waals surface area contributed by atoms with Crippen LogP contribution in [0, 0.1) is 0 Å². The smallest absolute Gasteiger partial charge is 0.148 e. The molecule has 1 aliphatic heterocycles. The number of nitrogens with two attached hydrogens (primary N) is 1. The van der Waals surface area contributed by atoms with Crippen LogP contribution >= 0.6 is 10.5 Å². The molecule has 0 bridgehead atoms. The first-order valence-electron chi connectivity index (χ1n) is 3.23. The van der Waals surface area contributed by atoms with Crippen molar-refractivity contribution in [1.82, 2.24) is 0 Å². The lowest BCUT2D eigenvalue weighted by molar-refractivity contribution is 0.489. The molecule has 0 amide bonds. The van der Waals surface area contributed by atoms with Crippen LogP contribution in [0.2, 0.25) is 0 Å². The van der Waals surface area contributed by atoms with Crippen molar-refractivity contribution in [2.24, 2.45) is 10.7 Å². The van der Waals surface area contributed by atoms with E-state index in [1.54, 1.807) is 0 Å². The van der Waals surface area contributed by atoms with E-state index in [1.807, 2.05) is 0 Å². The van der Waals surface area contributed by atoms with Gasteiger partial charge in [0, 0.05) is 0 Å². The van der Waals surface area contributed by atoms with Crippen molar-refractivity contribution in [3.63, 3.8) is 0 Å². The molecule has 0 aliphatic carbocycles. The van der Waals surface area contributed by atoms with E-state index in [2.05, 4.69) is 10.4 Å². The van der Waals surface area contributed by atoms with Crippen LogP contribution in [0.15, 0.2) is 4.99 Å². The molecule has 0 radical (unpaired) electrons. The average Bonchev–Trinajstić information content (AvgIpc) is 2.31. The van der Waals surface area contributed by atoms with Crippen LogP contribution in [-0.2, 0) is 0 Å². The standard InChI is InChI=1S/C6H11FN2S/c7-2-1-4-10-5-3-9-6(10)8/h5H,1-4H2,(H2,8,9). The lowest BCUT2D eigenvalue weighted by Gasteiger charge is -1.99. The zero-order chi connectivity index (χ0) is 7.40. The van der Waals surface area contributed by atoms with Crippen LogP contribution in [0.3, 0.4) is 0 Å². The van der Waals surface area contributed by atoms with E-state index in [-0.39, 0.29) is 17.2 Å². The monoisotopic (exact) mass is 162 g/mol. The molecule has 1 rings (SSSR count). The zero-order valence-corrected chi connectivity index (χ0v) is 6.53. The Morgan fingerprint density at radius 2 is 2.60 bits per heavy atom. The second kappa shape index (κ2) is 3.71. The summed E-state index contributed by atoms with van der Waals surface area (Å²) in [7, 11) is -0.00915. The van der Waals surface area contributed by atoms with Crippen molar-refractivity contribution < 1.29 is 4.39 Å². The lowest BCUT2D eigenvalue weighted by Crippen LogP contribution is -2.07. The maximum absolute atomic E-state index is 11.7. The largest absolute Gasteiger partial charge is 0.379 e. The third kappa shape index (κ3) is 1.80. The number of nitrogens with zero attached hydrogens (tertiary/aromatic N) is 1. The quantitative estimate of drug-likeness (QED) is 0.611. The maximum atomic E-state index is 11.7. The topological polar surface area (TPSA) is 38.4 Å². The molecule has 10 heavy (non-hydrogen) atoms. The summed E-state index contributed by atoms with van der Waals surface area (Å²) in [6, 6.07) is 0. The van der Waals surface area contributed by atoms with E-state index in [4.69, 9.17) is 5.73 Å². The highest BCUT2D eigenvalue weighted by atomic mass is 32.2. The minimum atomic E-state index is -0.245. The first-order chi connectivity index (χ1) is 4.84. The first kappa shape index (κ1) is 7.72. The summed E-state index contributed by atoms with van der Waals surface area (Å²) in [5, 5.41) is 2.76. The minimum absolute atomic E-state index is 0.00915. The van der Waals surface area contributed by atoms with Gasteiger partial charge in [0.25, 0.3) is 0 Å². The maximum Gasteiger partial charge on any atom is 0.148 e. The van der Waals surface area contributed by atoms with Crippen LogP contribution in [-0.4, -0.2) is 29.5 Å². The van der Waals surface area contributed by atoms with Gasteiger partial charge in [0.2, 0.25) is 0 Å². The first-order valence-corrected chi connectivity index (χ1v) is 4.69. The Hall–Kier alpha value is -0.380. The third-order valence-electron chi connectivity index (χ3n) is 1.29. The summed E-state index contributed by atoms with van der Waals surface area (Å²) in [6.45, 7) is 0.478. The molecule has 4 heteroatoms. The molecule has 0 saturated heterocycles. The molecule has 0 aromatic rings. The number of aliphatic imine (C=N–C) groups is 1. The molecular weight excluding hydrogens is 151 g/mol. The molecule has 58 valence electrons. The van der Waals surface area contributed by atoms with Crippen molar-refractivity contribution in [1.29, 1.82) is 0 Å². The highest BCUT2D eigenvalue weighted by Crippen LogP contribution is 2.16. The van der Waals surface area contributed by atoms with Gasteiger partial charge in [0.1, 0.15) is 5.17 Å². The Balaban J connectivity index is 2.35. The Bertz CT molecular complexity index is 177. The number of alkyl halides is 1. The van der Waals surface area contributed by atoms with Crippen molar-refractivity contribution in [2.75, 3.05) is 19.0 Å². The Morgan fingerprint density at radius 3 is 3.10 bits per heavy atom. The second-order valence-corrected chi connectivity index (χ2v) is 4.04. The number of halogens is 1. The highest BCUT2D eigenvalue weighted by Gasteiger charge is 2.04. The summed E-state index contributed by atoms with van der Waals surface area (Å²) in [6.07, 6.45) is 0.607. The Labute approximate surface area is 62.3 Å². The fraction of sp³-hybridized carbons (Fsp3) is 0.667. The fourth-order valence-corrected chi connectivity index (χ4v) is 2.24. The zero-order valence-electron chi connectivity index (χ0n) is 5.72. The van der Waals surface area contributed by atoms with Gasteiger partial charge in [0.15, 0.2) is 0 Å². The van der Waals surface area contributed by atoms with E-state index in [0.717, 1.165) is 12.3 Å². The molecule has 0 fully saturated rings. The van der Waals surface area contributed by atoms with Crippen molar-refractivity contribution in [3.8, 4) is 0 Å². The van der Waals surface area contributed by atoms with Gasteiger partial charge in [-0.1, -0.05) is 0 Å². The Morgan fingerprint density at radius 1 is 1.80 bits per heavy atom. The summed E-state index contributed by atoms with van der Waals surface area (Å²) >= 11 is 0. The molecule has 1 aliphatic rings. The van der Waals surface area contributed by atoms with Gasteiger partial charge in [-0.05, 0) is 17.5 Å². The SMILES string of the molecule is NC1=NCC=S1CCCF. The fourth-order valence-electron chi connectivity index (χ4n) is 0.783. The second-order valence-electron chi connectivity index (χ2n) is 2.02. The van der Waals surface area contributed by atoms with Crippen LogP contribution < -0.4 is 5.73 Å². The number of hydrogen-bond donors (Lipinski definition) is 1. The summed E-state index contributed by atoms with van der Waals surface area (Å²) in [5.41, 5.74) is 5.53. The van der Waals surface area contributed by atoms with E-state index >= 15 is 0 Å². The van der Waals surface area contributed by atoms with Gasteiger partial charge < -0.3 is 5.73 Å². The summed E-state index contributed by atoms with van der Waals surface area (Å²) in [4.78, 5) is 4.00. The minimum Gasteiger partial charge on any atom is -0.379 e. The van der Waals surface area contributed by atoms with E-state index < -0.39 is 0 Å². The molecular formula is C6H11FN2S. The van der Waals surface area contributed by atoms with Gasteiger partial charge >= 0.3 is 0 Å². The number of rotatable bonds is 3. The van der Waals surface area contributed by atoms with Gasteiger partial charge in [-0.3, -0.25) is 9.38 Å². The van der Waals surface area contributed by atoms with Gasteiger partial charge in [-0.2, -0.15) is 0 Å². The molecule has 0 aromatic heterocycles. The van der Waals surface area contributed by atoms with Crippen molar-refractivity contribution in [3.05, 3.63) is 0 Å². The van der Waals surface area contributed by atoms with Crippen LogP contribution in [0.5, 0.6) is 0 Å². The molecule has 0 spiro atoms. The molecule has 0 aromatic carbocycles. The predicted octanol–water partition coefficient (Wildman–Crippen LogP) is 0.745. The average molecular weight is 162 g/mol. The molecule has 1 atom stereocenters. The van der Waals surface area contributed by atoms with Crippen LogP contribution in [0.4, 0.5) is 4.39 Å². The lowest BCUT2D eigenvalue weighted by atomic mass is 10.6. The van der Waals surface area contributed by atoms with Crippen molar-refractivity contribution >= 4 is 21.0 Å². The normalized spacial score (nSPS) is 24.1. The van der Waals surface area contributed by atoms with Gasteiger partial charge in [0.05, 0.1) is 13.2 Å². The molecule has 2 N–H and O–H groups in total. The van der Waals surface area contributed by atoms with Gasteiger partial charge in [-0.25, -0.2) is 0 Å². The molecule has 1 unspecified atom stereocenters. The summed E-state index contributed by atoms with van der Waals surface area (Å²) in [5.74, 6) is 0.839. The third-order valence-corrected chi connectivity index (χ3v) is 3.24. The molecule has 1 heterocycles. The predicted molar refractivity (Wildman–Crippen MR) is 45.6 cm³/mol. The van der Waals surface area contributed by atoms with E-state index in [0.29, 0.717) is 11.6 Å². The van der Waals surface area contributed by atoms with Crippen LogP contribution in [0.1, 0.15) is 6.42 Å². The summed E-state index contributed by atoms with van der Waals surface area (Å²) < 4.78 is 11.7.